The van der Waals surface area contributed by atoms with Crippen LogP contribution in [-0.2, 0) is 6.54 Å². The number of piperazine rings is 1. The number of carbonyl (C=O) groups is 1. The summed E-state index contributed by atoms with van der Waals surface area (Å²) in [6.45, 7) is 6.24. The number of nitriles is 1. The normalized spacial score (nSPS) is 14.4. The van der Waals surface area contributed by atoms with Crippen molar-refractivity contribution in [3.05, 3.63) is 64.3 Å². The maximum absolute atomic E-state index is 13.2. The van der Waals surface area contributed by atoms with Crippen LogP contribution in [0.15, 0.2) is 42.6 Å². The lowest BCUT2D eigenvalue weighted by molar-refractivity contribution is 0.0950. The highest BCUT2D eigenvalue weighted by Crippen LogP contribution is 2.29. The summed E-state index contributed by atoms with van der Waals surface area (Å²) < 4.78 is 5.24. The maximum atomic E-state index is 13.2. The predicted octanol–water partition coefficient (Wildman–Crippen LogP) is 3.75. The van der Waals surface area contributed by atoms with E-state index in [0.29, 0.717) is 46.2 Å². The Labute approximate surface area is 216 Å². The van der Waals surface area contributed by atoms with Crippen LogP contribution in [0.25, 0.3) is 10.9 Å². The topological polar surface area (TPSA) is 93.5 Å². The Morgan fingerprint density at radius 2 is 2.00 bits per heavy atom. The number of halogens is 1. The molecular weight excluding hydrogens is 476 g/mol. The fraction of sp³-hybridized carbons (Fsp3) is 0.370. The zero-order valence-corrected chi connectivity index (χ0v) is 21.4. The standard InChI is InChI=1S/C27H31ClN6O2/c1-33-10-12-34(13-11-33)9-3-8-30-27(35)22-18-31-24-6-4-19(16-29)14-21(24)26(22)32-17-20-5-7-25(36-2)23(28)15-20/h4-7,14-15,18H,3,8-13,17H2,1-2H3,(H,30,35)(H,31,32). The van der Waals surface area contributed by atoms with Crippen molar-refractivity contribution in [3.8, 4) is 11.8 Å². The van der Waals surface area contributed by atoms with Gasteiger partial charge in [-0.2, -0.15) is 5.26 Å². The molecule has 0 bridgehead atoms. The molecule has 1 aliphatic heterocycles. The van der Waals surface area contributed by atoms with Crippen LogP contribution in [0.4, 0.5) is 5.69 Å². The maximum Gasteiger partial charge on any atom is 0.254 e. The molecule has 0 spiro atoms. The highest BCUT2D eigenvalue weighted by molar-refractivity contribution is 6.32. The Kier molecular flexibility index (Phi) is 8.60. The lowest BCUT2D eigenvalue weighted by atomic mass is 10.1. The van der Waals surface area contributed by atoms with Crippen molar-refractivity contribution in [3.63, 3.8) is 0 Å². The first-order chi connectivity index (χ1) is 17.5. The molecule has 3 aromatic rings. The van der Waals surface area contributed by atoms with Crippen LogP contribution < -0.4 is 15.4 Å². The van der Waals surface area contributed by atoms with Gasteiger partial charge >= 0.3 is 0 Å². The van der Waals surface area contributed by atoms with Crippen LogP contribution in [0, 0.1) is 11.3 Å². The Bertz CT molecular complexity index is 1270. The molecule has 2 heterocycles. The van der Waals surface area contributed by atoms with E-state index in [1.54, 1.807) is 31.5 Å². The minimum Gasteiger partial charge on any atom is -0.495 e. The molecule has 1 saturated heterocycles. The van der Waals surface area contributed by atoms with Gasteiger partial charge in [0, 0.05) is 50.9 Å². The van der Waals surface area contributed by atoms with E-state index in [1.165, 1.54) is 0 Å². The third-order valence-electron chi connectivity index (χ3n) is 6.46. The van der Waals surface area contributed by atoms with Crippen molar-refractivity contribution < 1.29 is 9.53 Å². The van der Waals surface area contributed by atoms with Crippen LogP contribution in [0.3, 0.4) is 0 Å². The molecule has 0 radical (unpaired) electrons. The summed E-state index contributed by atoms with van der Waals surface area (Å²) in [5.41, 5.74) is 3.22. The van der Waals surface area contributed by atoms with Gasteiger partial charge in [0.05, 0.1) is 40.5 Å². The molecule has 2 N–H and O–H groups in total. The number of hydrogen-bond donors (Lipinski definition) is 2. The lowest BCUT2D eigenvalue weighted by Crippen LogP contribution is -2.45. The summed E-state index contributed by atoms with van der Waals surface area (Å²) in [7, 11) is 3.72. The molecule has 9 heteroatoms. The number of amides is 1. The van der Waals surface area contributed by atoms with Crippen LogP contribution in [0.2, 0.25) is 5.02 Å². The van der Waals surface area contributed by atoms with E-state index in [0.717, 1.165) is 50.1 Å². The number of likely N-dealkylation sites (N-methyl/N-ethyl adjacent to an activating group) is 1. The molecule has 1 aliphatic rings. The number of ether oxygens (including phenoxy) is 1. The van der Waals surface area contributed by atoms with Crippen LogP contribution in [0.1, 0.15) is 27.9 Å². The molecule has 1 fully saturated rings. The summed E-state index contributed by atoms with van der Waals surface area (Å²) in [5.74, 6) is 0.408. The second-order valence-electron chi connectivity index (χ2n) is 8.97. The largest absolute Gasteiger partial charge is 0.495 e. The van der Waals surface area contributed by atoms with Crippen LogP contribution in [-0.4, -0.2) is 74.1 Å². The van der Waals surface area contributed by atoms with E-state index in [4.69, 9.17) is 16.3 Å². The van der Waals surface area contributed by atoms with Gasteiger partial charge < -0.3 is 25.2 Å². The Morgan fingerprint density at radius 1 is 1.19 bits per heavy atom. The summed E-state index contributed by atoms with van der Waals surface area (Å²) in [6.07, 6.45) is 2.47. The van der Waals surface area contributed by atoms with Gasteiger partial charge in [-0.25, -0.2) is 0 Å². The van der Waals surface area contributed by atoms with Gasteiger partial charge in [-0.15, -0.1) is 0 Å². The second kappa shape index (κ2) is 12.0. The number of methoxy groups -OCH3 is 1. The van der Waals surface area contributed by atoms with Gasteiger partial charge in [-0.1, -0.05) is 17.7 Å². The molecule has 188 valence electrons. The molecule has 2 aromatic carbocycles. The number of anilines is 1. The van der Waals surface area contributed by atoms with Crippen molar-refractivity contribution >= 4 is 34.1 Å². The highest BCUT2D eigenvalue weighted by Gasteiger charge is 2.17. The molecule has 1 amide bonds. The molecule has 0 atom stereocenters. The van der Waals surface area contributed by atoms with Crippen molar-refractivity contribution in [2.45, 2.75) is 13.0 Å². The number of pyridine rings is 1. The third-order valence-corrected chi connectivity index (χ3v) is 6.76. The SMILES string of the molecule is COc1ccc(CNc2c(C(=O)NCCCN3CCN(C)CC3)cnc3ccc(C#N)cc23)cc1Cl. The van der Waals surface area contributed by atoms with Crippen molar-refractivity contribution in [1.82, 2.24) is 20.1 Å². The van der Waals surface area contributed by atoms with E-state index in [9.17, 15) is 10.1 Å². The van der Waals surface area contributed by atoms with Crippen molar-refractivity contribution in [1.29, 1.82) is 5.26 Å². The van der Waals surface area contributed by atoms with Crippen molar-refractivity contribution in [2.75, 3.05) is 58.7 Å². The monoisotopic (exact) mass is 506 g/mol. The van der Waals surface area contributed by atoms with Crippen molar-refractivity contribution in [2.24, 2.45) is 0 Å². The zero-order chi connectivity index (χ0) is 25.5. The van der Waals surface area contributed by atoms with E-state index < -0.39 is 0 Å². The first-order valence-corrected chi connectivity index (χ1v) is 12.4. The molecule has 36 heavy (non-hydrogen) atoms. The summed E-state index contributed by atoms with van der Waals surface area (Å²) in [6, 6.07) is 13.0. The van der Waals surface area contributed by atoms with Crippen LogP contribution >= 0.6 is 11.6 Å². The number of benzene rings is 2. The van der Waals surface area contributed by atoms with E-state index in [2.05, 4.69) is 38.5 Å². The smallest absolute Gasteiger partial charge is 0.254 e. The summed E-state index contributed by atoms with van der Waals surface area (Å²) in [4.78, 5) is 22.4. The fourth-order valence-electron chi connectivity index (χ4n) is 4.31. The molecule has 4 rings (SSSR count). The number of fused-ring (bicyclic) bond motifs is 1. The minimum absolute atomic E-state index is 0.194. The average molecular weight is 507 g/mol. The Balaban J connectivity index is 1.50. The van der Waals surface area contributed by atoms with Gasteiger partial charge in [0.2, 0.25) is 0 Å². The minimum atomic E-state index is -0.194. The number of rotatable bonds is 9. The van der Waals surface area contributed by atoms with Crippen LogP contribution in [0.5, 0.6) is 5.75 Å². The van der Waals surface area contributed by atoms with Gasteiger partial charge in [0.25, 0.3) is 5.91 Å². The zero-order valence-electron chi connectivity index (χ0n) is 20.7. The van der Waals surface area contributed by atoms with Gasteiger partial charge in [0.1, 0.15) is 5.75 Å². The third kappa shape index (κ3) is 6.24. The molecule has 0 aliphatic carbocycles. The molecule has 1 aromatic heterocycles. The number of hydrogen-bond acceptors (Lipinski definition) is 7. The van der Waals surface area contributed by atoms with Gasteiger partial charge in [-0.3, -0.25) is 9.78 Å². The molecule has 0 unspecified atom stereocenters. The number of carbonyl (C=O) groups excluding carboxylic acids is 1. The number of nitrogens with zero attached hydrogens (tertiary/aromatic N) is 4. The first-order valence-electron chi connectivity index (χ1n) is 12.1. The first kappa shape index (κ1) is 25.7. The van der Waals surface area contributed by atoms with E-state index in [-0.39, 0.29) is 5.91 Å². The van der Waals surface area contributed by atoms with Gasteiger partial charge in [0.15, 0.2) is 0 Å². The molecular formula is C27H31ClN6O2. The van der Waals surface area contributed by atoms with Gasteiger partial charge in [-0.05, 0) is 55.9 Å². The molecule has 0 saturated carbocycles. The fourth-order valence-corrected chi connectivity index (χ4v) is 4.59. The highest BCUT2D eigenvalue weighted by atomic mass is 35.5. The number of nitrogens with one attached hydrogen (secondary N) is 2. The summed E-state index contributed by atoms with van der Waals surface area (Å²) in [5, 5.41) is 17.1. The summed E-state index contributed by atoms with van der Waals surface area (Å²) >= 11 is 6.29. The Morgan fingerprint density at radius 3 is 2.72 bits per heavy atom. The predicted molar refractivity (Wildman–Crippen MR) is 143 cm³/mol. The van der Waals surface area contributed by atoms with E-state index >= 15 is 0 Å². The lowest BCUT2D eigenvalue weighted by Gasteiger charge is -2.32. The Hall–Kier alpha value is -3.38. The number of aromatic nitrogens is 1. The van der Waals surface area contributed by atoms with E-state index in [1.807, 2.05) is 18.2 Å². The quantitative estimate of drug-likeness (QED) is 0.427. The average Bonchev–Trinajstić information content (AvgIpc) is 2.90. The molecule has 8 nitrogen and oxygen atoms in total. The second-order valence-corrected chi connectivity index (χ2v) is 9.37.